The average molecular weight is 266 g/mol. The van der Waals surface area contributed by atoms with Gasteiger partial charge in [0, 0.05) is 19.3 Å². The molecule has 1 fully saturated rings. The fourth-order valence-corrected chi connectivity index (χ4v) is 2.35. The molecule has 1 saturated heterocycles. The molecule has 2 rings (SSSR count). The predicted octanol–water partition coefficient (Wildman–Crippen LogP) is 1.91. The minimum Gasteiger partial charge on any atom is -0.481 e. The highest BCUT2D eigenvalue weighted by molar-refractivity contribution is 6.34. The van der Waals surface area contributed by atoms with E-state index in [0.717, 1.165) is 0 Å². The molecule has 18 heavy (non-hydrogen) atoms. The summed E-state index contributed by atoms with van der Waals surface area (Å²) in [7, 11) is 0. The molecule has 1 N–H and O–H groups in total. The van der Waals surface area contributed by atoms with Gasteiger partial charge in [0.15, 0.2) is 0 Å². The highest BCUT2D eigenvalue weighted by Gasteiger charge is 2.26. The smallest absolute Gasteiger partial charge is 0.306 e. The lowest BCUT2D eigenvalue weighted by molar-refractivity contribution is -0.142. The Balaban J connectivity index is 2.15. The molecule has 1 aromatic heterocycles. The Kier molecular flexibility index (Phi) is 3.68. The second-order valence-corrected chi connectivity index (χ2v) is 4.59. The van der Waals surface area contributed by atoms with Gasteiger partial charge in [-0.1, -0.05) is 11.6 Å². The van der Waals surface area contributed by atoms with E-state index in [1.807, 2.05) is 11.0 Å². The van der Waals surface area contributed by atoms with Crippen molar-refractivity contribution in [2.24, 2.45) is 5.92 Å². The van der Waals surface area contributed by atoms with E-state index in [-0.39, 0.29) is 5.92 Å². The van der Waals surface area contributed by atoms with E-state index < -0.39 is 5.97 Å². The number of piperidine rings is 1. The maximum absolute atomic E-state index is 10.9. The van der Waals surface area contributed by atoms with Crippen molar-refractivity contribution in [3.8, 4) is 6.07 Å². The minimum atomic E-state index is -0.750. The number of carbonyl (C=O) groups is 1. The first-order chi connectivity index (χ1) is 8.63. The molecule has 94 valence electrons. The summed E-state index contributed by atoms with van der Waals surface area (Å²) in [5.41, 5.74) is 0.391. The first-order valence-electron chi connectivity index (χ1n) is 5.66. The van der Waals surface area contributed by atoms with E-state index in [1.165, 1.54) is 0 Å². The van der Waals surface area contributed by atoms with Gasteiger partial charge in [-0.15, -0.1) is 0 Å². The van der Waals surface area contributed by atoms with Gasteiger partial charge in [-0.2, -0.15) is 5.26 Å². The van der Waals surface area contributed by atoms with Crippen LogP contribution in [0.15, 0.2) is 12.3 Å². The van der Waals surface area contributed by atoms with Gasteiger partial charge in [0.25, 0.3) is 0 Å². The number of nitrogens with zero attached hydrogens (tertiary/aromatic N) is 3. The van der Waals surface area contributed by atoms with Gasteiger partial charge in [-0.25, -0.2) is 4.98 Å². The van der Waals surface area contributed by atoms with Gasteiger partial charge in [0.1, 0.15) is 16.9 Å². The Morgan fingerprint density at radius 1 is 1.56 bits per heavy atom. The molecule has 0 aliphatic carbocycles. The van der Waals surface area contributed by atoms with Crippen molar-refractivity contribution in [2.45, 2.75) is 12.8 Å². The normalized spacial score (nSPS) is 16.3. The second-order valence-electron chi connectivity index (χ2n) is 4.21. The quantitative estimate of drug-likeness (QED) is 0.884. The summed E-state index contributed by atoms with van der Waals surface area (Å²) >= 11 is 6.10. The monoisotopic (exact) mass is 265 g/mol. The van der Waals surface area contributed by atoms with Crippen LogP contribution in [0.5, 0.6) is 0 Å². The summed E-state index contributed by atoms with van der Waals surface area (Å²) in [5, 5.41) is 18.2. The number of aromatic nitrogens is 1. The van der Waals surface area contributed by atoms with Crippen molar-refractivity contribution in [1.82, 2.24) is 4.98 Å². The average Bonchev–Trinajstić information content (AvgIpc) is 2.39. The number of pyridine rings is 1. The molecular weight excluding hydrogens is 254 g/mol. The molecule has 2 heterocycles. The van der Waals surface area contributed by atoms with Crippen LogP contribution in [0.1, 0.15) is 18.4 Å². The van der Waals surface area contributed by atoms with Crippen molar-refractivity contribution in [3.63, 3.8) is 0 Å². The molecular formula is C12H12ClN3O2. The van der Waals surface area contributed by atoms with Crippen LogP contribution in [0.2, 0.25) is 5.02 Å². The Hall–Kier alpha value is -1.80. The molecule has 1 aliphatic heterocycles. The van der Waals surface area contributed by atoms with Crippen LogP contribution in [0.4, 0.5) is 5.82 Å². The number of aliphatic carboxylic acids is 1. The zero-order valence-corrected chi connectivity index (χ0v) is 10.4. The SMILES string of the molecule is N#Cc1ccnc(N2CCC(C(=O)O)CC2)c1Cl. The summed E-state index contributed by atoms with van der Waals surface area (Å²) in [4.78, 5) is 17.0. The van der Waals surface area contributed by atoms with E-state index in [1.54, 1.807) is 12.3 Å². The predicted molar refractivity (Wildman–Crippen MR) is 66.5 cm³/mol. The van der Waals surface area contributed by atoms with Crippen molar-refractivity contribution in [1.29, 1.82) is 5.26 Å². The lowest BCUT2D eigenvalue weighted by Gasteiger charge is -2.31. The Morgan fingerprint density at radius 2 is 2.22 bits per heavy atom. The van der Waals surface area contributed by atoms with Crippen molar-refractivity contribution < 1.29 is 9.90 Å². The van der Waals surface area contributed by atoms with Gasteiger partial charge in [0.2, 0.25) is 0 Å². The number of hydrogen-bond donors (Lipinski definition) is 1. The first-order valence-corrected chi connectivity index (χ1v) is 6.03. The van der Waals surface area contributed by atoms with Gasteiger partial charge < -0.3 is 10.0 Å². The van der Waals surface area contributed by atoms with E-state index in [9.17, 15) is 4.79 Å². The van der Waals surface area contributed by atoms with E-state index >= 15 is 0 Å². The van der Waals surface area contributed by atoms with E-state index in [0.29, 0.717) is 42.3 Å². The van der Waals surface area contributed by atoms with Crippen LogP contribution in [0.25, 0.3) is 0 Å². The van der Waals surface area contributed by atoms with Crippen LogP contribution < -0.4 is 4.90 Å². The summed E-state index contributed by atoms with van der Waals surface area (Å²) in [6.07, 6.45) is 2.69. The molecule has 0 amide bonds. The molecule has 0 aromatic carbocycles. The Labute approximate surface area is 110 Å². The Bertz CT molecular complexity index is 505. The number of carboxylic acid groups (broad SMARTS) is 1. The summed E-state index contributed by atoms with van der Waals surface area (Å²) in [6.45, 7) is 1.19. The summed E-state index contributed by atoms with van der Waals surface area (Å²) in [5.74, 6) is -0.474. The summed E-state index contributed by atoms with van der Waals surface area (Å²) < 4.78 is 0. The van der Waals surface area contributed by atoms with Crippen molar-refractivity contribution >= 4 is 23.4 Å². The lowest BCUT2D eigenvalue weighted by Crippen LogP contribution is -2.37. The largest absolute Gasteiger partial charge is 0.481 e. The van der Waals surface area contributed by atoms with Crippen LogP contribution in [0.3, 0.4) is 0 Å². The molecule has 1 aromatic rings. The van der Waals surface area contributed by atoms with Crippen LogP contribution >= 0.6 is 11.6 Å². The van der Waals surface area contributed by atoms with Gasteiger partial charge >= 0.3 is 5.97 Å². The van der Waals surface area contributed by atoms with Crippen molar-refractivity contribution in [2.75, 3.05) is 18.0 Å². The molecule has 0 spiro atoms. The van der Waals surface area contributed by atoms with Gasteiger partial charge in [0.05, 0.1) is 11.5 Å². The minimum absolute atomic E-state index is 0.292. The maximum Gasteiger partial charge on any atom is 0.306 e. The fraction of sp³-hybridized carbons (Fsp3) is 0.417. The number of nitriles is 1. The number of anilines is 1. The standard InChI is InChI=1S/C12H12ClN3O2/c13-10-9(7-14)1-4-15-11(10)16-5-2-8(3-6-16)12(17)18/h1,4,8H,2-3,5-6H2,(H,17,18). The van der Waals surface area contributed by atoms with Gasteiger partial charge in [-0.05, 0) is 18.9 Å². The molecule has 0 saturated carbocycles. The fourth-order valence-electron chi connectivity index (χ4n) is 2.08. The summed E-state index contributed by atoms with van der Waals surface area (Å²) in [6, 6.07) is 3.57. The molecule has 5 nitrogen and oxygen atoms in total. The topological polar surface area (TPSA) is 77.2 Å². The zero-order valence-electron chi connectivity index (χ0n) is 9.64. The third-order valence-corrected chi connectivity index (χ3v) is 3.51. The maximum atomic E-state index is 10.9. The molecule has 0 atom stereocenters. The van der Waals surface area contributed by atoms with Gasteiger partial charge in [-0.3, -0.25) is 4.79 Å². The van der Waals surface area contributed by atoms with Crippen molar-refractivity contribution in [3.05, 3.63) is 22.8 Å². The Morgan fingerprint density at radius 3 is 2.78 bits per heavy atom. The molecule has 0 bridgehead atoms. The lowest BCUT2D eigenvalue weighted by atomic mass is 9.97. The van der Waals surface area contributed by atoms with E-state index in [2.05, 4.69) is 4.98 Å². The first kappa shape index (κ1) is 12.7. The molecule has 1 aliphatic rings. The van der Waals surface area contributed by atoms with Crippen LogP contribution in [-0.2, 0) is 4.79 Å². The molecule has 0 unspecified atom stereocenters. The van der Waals surface area contributed by atoms with E-state index in [4.69, 9.17) is 22.0 Å². The number of rotatable bonds is 2. The third-order valence-electron chi connectivity index (χ3n) is 3.13. The number of halogens is 1. The number of carboxylic acids is 1. The molecule has 6 heteroatoms. The second kappa shape index (κ2) is 5.23. The zero-order chi connectivity index (χ0) is 13.1. The number of hydrogen-bond acceptors (Lipinski definition) is 4. The van der Waals surface area contributed by atoms with Crippen LogP contribution in [-0.4, -0.2) is 29.1 Å². The molecule has 0 radical (unpaired) electrons. The highest BCUT2D eigenvalue weighted by Crippen LogP contribution is 2.29. The van der Waals surface area contributed by atoms with Crippen LogP contribution in [0, 0.1) is 17.2 Å². The highest BCUT2D eigenvalue weighted by atomic mass is 35.5. The third kappa shape index (κ3) is 2.39.